The monoisotopic (exact) mass is 268 g/mol. The number of aryl methyl sites for hydroxylation is 1. The van der Waals surface area contributed by atoms with E-state index in [1.54, 1.807) is 0 Å². The normalized spacial score (nSPS) is 9.89. The van der Waals surface area contributed by atoms with Crippen LogP contribution in [0.1, 0.15) is 18.4 Å². The number of rotatable bonds is 6. The highest BCUT2D eigenvalue weighted by Crippen LogP contribution is 2.16. The second-order valence-electron chi connectivity index (χ2n) is 3.71. The predicted molar refractivity (Wildman–Crippen MR) is 71.8 cm³/mol. The van der Waals surface area contributed by atoms with Crippen LogP contribution in [0, 0.1) is 0 Å². The smallest absolute Gasteiger partial charge is 0.243 e. The summed E-state index contributed by atoms with van der Waals surface area (Å²) in [6.45, 7) is 0. The summed E-state index contributed by atoms with van der Waals surface area (Å²) in [6.07, 6.45) is 0.745. The first-order valence-corrected chi connectivity index (χ1v) is 6.22. The van der Waals surface area contributed by atoms with Gasteiger partial charge in [0.25, 0.3) is 0 Å². The first-order chi connectivity index (χ1) is 8.67. The Morgan fingerprint density at radius 3 is 2.50 bits per heavy atom. The maximum absolute atomic E-state index is 11.6. The minimum absolute atomic E-state index is 0.0294. The highest BCUT2D eigenvalue weighted by molar-refractivity contribution is 7.80. The third kappa shape index (κ3) is 4.77. The number of amides is 2. The molecule has 0 unspecified atom stereocenters. The van der Waals surface area contributed by atoms with Gasteiger partial charge in [-0.2, -0.15) is 12.6 Å². The molecule has 1 aromatic rings. The van der Waals surface area contributed by atoms with Crippen molar-refractivity contribution in [2.45, 2.75) is 19.3 Å². The number of nitrogens with one attached hydrogen (secondary N) is 2. The molecule has 98 valence electrons. The van der Waals surface area contributed by atoms with Crippen LogP contribution < -0.4 is 10.8 Å². The SMILES string of the molecule is O=C(CCC(=O)Nc1ccccc1CCS)NO. The number of para-hydroxylation sites is 1. The molecule has 0 radical (unpaired) electrons. The van der Waals surface area contributed by atoms with Crippen LogP contribution in [0.5, 0.6) is 0 Å². The molecule has 0 aliphatic heterocycles. The average molecular weight is 268 g/mol. The standard InChI is InChI=1S/C12H16N2O3S/c15-11(5-6-12(16)14-17)13-10-4-2-1-3-9(10)7-8-18/h1-4,17-18H,5-8H2,(H,13,15)(H,14,16). The minimum Gasteiger partial charge on any atom is -0.326 e. The Morgan fingerprint density at radius 1 is 1.17 bits per heavy atom. The molecule has 0 fully saturated rings. The van der Waals surface area contributed by atoms with E-state index in [4.69, 9.17) is 5.21 Å². The lowest BCUT2D eigenvalue weighted by atomic mass is 10.1. The largest absolute Gasteiger partial charge is 0.326 e. The molecule has 0 atom stereocenters. The van der Waals surface area contributed by atoms with Gasteiger partial charge in [-0.15, -0.1) is 0 Å². The third-order valence-corrected chi connectivity index (χ3v) is 2.60. The summed E-state index contributed by atoms with van der Waals surface area (Å²) < 4.78 is 0. The van der Waals surface area contributed by atoms with Crippen LogP contribution in [-0.2, 0) is 16.0 Å². The maximum Gasteiger partial charge on any atom is 0.243 e. The second kappa shape index (κ2) is 7.73. The molecular formula is C12H16N2O3S. The Labute approximate surface area is 111 Å². The molecule has 5 nitrogen and oxygen atoms in total. The third-order valence-electron chi connectivity index (χ3n) is 2.38. The molecule has 0 spiro atoms. The fourth-order valence-corrected chi connectivity index (χ4v) is 1.72. The summed E-state index contributed by atoms with van der Waals surface area (Å²) in [5, 5.41) is 11.1. The highest BCUT2D eigenvalue weighted by atomic mass is 32.1. The summed E-state index contributed by atoms with van der Waals surface area (Å²) in [5.41, 5.74) is 3.23. The van der Waals surface area contributed by atoms with Gasteiger partial charge < -0.3 is 5.32 Å². The van der Waals surface area contributed by atoms with Gasteiger partial charge in [0, 0.05) is 18.5 Å². The molecule has 1 rings (SSSR count). The lowest BCUT2D eigenvalue weighted by molar-refractivity contribution is -0.131. The Bertz CT molecular complexity index is 424. The van der Waals surface area contributed by atoms with Crippen LogP contribution in [0.4, 0.5) is 5.69 Å². The van der Waals surface area contributed by atoms with E-state index in [0.717, 1.165) is 17.7 Å². The molecule has 0 saturated heterocycles. The van der Waals surface area contributed by atoms with Crippen molar-refractivity contribution in [1.82, 2.24) is 5.48 Å². The van der Waals surface area contributed by atoms with Gasteiger partial charge in [0.2, 0.25) is 11.8 Å². The molecule has 1 aromatic carbocycles. The molecule has 18 heavy (non-hydrogen) atoms. The van der Waals surface area contributed by atoms with Gasteiger partial charge in [-0.3, -0.25) is 14.8 Å². The Balaban J connectivity index is 2.56. The first kappa shape index (κ1) is 14.5. The van der Waals surface area contributed by atoms with E-state index < -0.39 is 5.91 Å². The number of hydrogen-bond acceptors (Lipinski definition) is 4. The van der Waals surface area contributed by atoms with Crippen molar-refractivity contribution in [3.05, 3.63) is 29.8 Å². The van der Waals surface area contributed by atoms with E-state index in [9.17, 15) is 9.59 Å². The Hall–Kier alpha value is -1.53. The summed E-state index contributed by atoms with van der Waals surface area (Å²) in [4.78, 5) is 22.4. The molecular weight excluding hydrogens is 252 g/mol. The zero-order valence-electron chi connectivity index (χ0n) is 9.85. The number of anilines is 1. The van der Waals surface area contributed by atoms with E-state index in [1.165, 1.54) is 5.48 Å². The molecule has 2 amide bonds. The fraction of sp³-hybridized carbons (Fsp3) is 0.333. The summed E-state index contributed by atoms with van der Waals surface area (Å²) in [7, 11) is 0. The highest BCUT2D eigenvalue weighted by Gasteiger charge is 2.08. The molecule has 0 aliphatic carbocycles. The fourth-order valence-electron chi connectivity index (χ4n) is 1.48. The lowest BCUT2D eigenvalue weighted by Crippen LogP contribution is -2.21. The number of benzene rings is 1. The summed E-state index contributed by atoms with van der Waals surface area (Å²) >= 11 is 4.16. The first-order valence-electron chi connectivity index (χ1n) is 5.59. The van der Waals surface area contributed by atoms with Gasteiger partial charge in [0.05, 0.1) is 0 Å². The van der Waals surface area contributed by atoms with E-state index >= 15 is 0 Å². The van der Waals surface area contributed by atoms with Gasteiger partial charge in [-0.1, -0.05) is 18.2 Å². The number of hydrogen-bond donors (Lipinski definition) is 4. The van der Waals surface area contributed by atoms with Crippen LogP contribution in [0.25, 0.3) is 0 Å². The van der Waals surface area contributed by atoms with Crippen molar-refractivity contribution >= 4 is 30.1 Å². The lowest BCUT2D eigenvalue weighted by Gasteiger charge is -2.09. The Kier molecular flexibility index (Phi) is 6.24. The average Bonchev–Trinajstić information content (AvgIpc) is 2.38. The summed E-state index contributed by atoms with van der Waals surface area (Å²) in [5.74, 6) is -0.140. The maximum atomic E-state index is 11.6. The molecule has 6 heteroatoms. The molecule has 0 bridgehead atoms. The van der Waals surface area contributed by atoms with Gasteiger partial charge in [-0.25, -0.2) is 5.48 Å². The topological polar surface area (TPSA) is 78.4 Å². The number of thiol groups is 1. The second-order valence-corrected chi connectivity index (χ2v) is 4.16. The van der Waals surface area contributed by atoms with Crippen LogP contribution >= 0.6 is 12.6 Å². The van der Waals surface area contributed by atoms with E-state index in [-0.39, 0.29) is 18.7 Å². The van der Waals surface area contributed by atoms with E-state index in [0.29, 0.717) is 5.75 Å². The van der Waals surface area contributed by atoms with Crippen molar-refractivity contribution < 1.29 is 14.8 Å². The van der Waals surface area contributed by atoms with Gasteiger partial charge >= 0.3 is 0 Å². The molecule has 0 aliphatic rings. The van der Waals surface area contributed by atoms with Crippen molar-refractivity contribution in [2.24, 2.45) is 0 Å². The van der Waals surface area contributed by atoms with Crippen molar-refractivity contribution in [1.29, 1.82) is 0 Å². The van der Waals surface area contributed by atoms with Crippen LogP contribution in [0.2, 0.25) is 0 Å². The number of carbonyl (C=O) groups excluding carboxylic acids is 2. The predicted octanol–water partition coefficient (Wildman–Crippen LogP) is 1.38. The zero-order valence-corrected chi connectivity index (χ0v) is 10.7. The van der Waals surface area contributed by atoms with Crippen molar-refractivity contribution in [3.8, 4) is 0 Å². The number of carbonyl (C=O) groups is 2. The van der Waals surface area contributed by atoms with Gasteiger partial charge in [-0.05, 0) is 23.8 Å². The molecule has 0 heterocycles. The Morgan fingerprint density at radius 2 is 1.83 bits per heavy atom. The number of hydroxylamine groups is 1. The van der Waals surface area contributed by atoms with Gasteiger partial charge in [0.15, 0.2) is 0 Å². The molecule has 0 aromatic heterocycles. The van der Waals surface area contributed by atoms with Crippen LogP contribution in [-0.4, -0.2) is 22.8 Å². The van der Waals surface area contributed by atoms with E-state index in [2.05, 4.69) is 17.9 Å². The molecule has 3 N–H and O–H groups in total. The van der Waals surface area contributed by atoms with Crippen LogP contribution in [0.15, 0.2) is 24.3 Å². The zero-order chi connectivity index (χ0) is 13.4. The minimum atomic E-state index is -0.575. The van der Waals surface area contributed by atoms with Crippen molar-refractivity contribution in [2.75, 3.05) is 11.1 Å². The van der Waals surface area contributed by atoms with E-state index in [1.807, 2.05) is 24.3 Å². The van der Waals surface area contributed by atoms with Crippen molar-refractivity contribution in [3.63, 3.8) is 0 Å². The molecule has 0 saturated carbocycles. The van der Waals surface area contributed by atoms with Gasteiger partial charge in [0.1, 0.15) is 0 Å². The van der Waals surface area contributed by atoms with Crippen LogP contribution in [0.3, 0.4) is 0 Å². The quantitative estimate of drug-likeness (QED) is 0.357. The summed E-state index contributed by atoms with van der Waals surface area (Å²) in [6, 6.07) is 7.46.